The van der Waals surface area contributed by atoms with Crippen molar-refractivity contribution in [3.8, 4) is 5.75 Å². The lowest BCUT2D eigenvalue weighted by Gasteiger charge is -2.24. The molecule has 30 heavy (non-hydrogen) atoms. The van der Waals surface area contributed by atoms with Gasteiger partial charge in [0.2, 0.25) is 0 Å². The van der Waals surface area contributed by atoms with E-state index in [0.29, 0.717) is 21.4 Å². The number of halogens is 2. The summed E-state index contributed by atoms with van der Waals surface area (Å²) in [6, 6.07) is 17.4. The molecule has 3 rings (SSSR count). The maximum Gasteiger partial charge on any atom is 0.278 e. The highest BCUT2D eigenvalue weighted by Gasteiger charge is 2.32. The summed E-state index contributed by atoms with van der Waals surface area (Å²) >= 11 is 11.8. The van der Waals surface area contributed by atoms with Crippen LogP contribution in [-0.2, 0) is 14.8 Å². The third-order valence-electron chi connectivity index (χ3n) is 4.32. The van der Waals surface area contributed by atoms with Crippen LogP contribution in [0.3, 0.4) is 0 Å². The number of ether oxygens (including phenoxy) is 1. The highest BCUT2D eigenvalue weighted by molar-refractivity contribution is 7.93. The molecule has 156 valence electrons. The summed E-state index contributed by atoms with van der Waals surface area (Å²) in [5.74, 6) is -0.376. The van der Waals surface area contributed by atoms with E-state index in [1.807, 2.05) is 13.0 Å². The Morgan fingerprint density at radius 1 is 0.933 bits per heavy atom. The van der Waals surface area contributed by atoms with Crippen LogP contribution in [-0.4, -0.2) is 20.9 Å². The Kier molecular flexibility index (Phi) is 6.71. The van der Waals surface area contributed by atoms with Crippen LogP contribution in [0.2, 0.25) is 10.0 Å². The normalized spacial score (nSPS) is 11.2. The zero-order chi connectivity index (χ0) is 21.9. The quantitative estimate of drug-likeness (QED) is 0.489. The average molecular weight is 464 g/mol. The largest absolute Gasteiger partial charge is 0.484 e. The third kappa shape index (κ3) is 4.95. The molecule has 0 aliphatic heterocycles. The van der Waals surface area contributed by atoms with Crippen molar-refractivity contribution in [2.24, 2.45) is 0 Å². The van der Waals surface area contributed by atoms with E-state index in [2.05, 4.69) is 0 Å². The fraction of sp³-hybridized carbons (Fsp3) is 0.136. The summed E-state index contributed by atoms with van der Waals surface area (Å²) in [5, 5.41) is 0.836. The SMILES string of the molecule is Cc1ccc(C)c(N(C(=O)COc2cccc(Cl)c2)S(=O)(=O)c2ccc(Cl)cc2)c1. The van der Waals surface area contributed by atoms with Crippen molar-refractivity contribution in [1.82, 2.24) is 0 Å². The van der Waals surface area contributed by atoms with Gasteiger partial charge < -0.3 is 4.74 Å². The van der Waals surface area contributed by atoms with Crippen LogP contribution in [0.25, 0.3) is 0 Å². The van der Waals surface area contributed by atoms with E-state index >= 15 is 0 Å². The molecule has 1 amide bonds. The van der Waals surface area contributed by atoms with Gasteiger partial charge in [-0.25, -0.2) is 8.42 Å². The van der Waals surface area contributed by atoms with E-state index < -0.39 is 22.5 Å². The number of hydrogen-bond acceptors (Lipinski definition) is 4. The molecule has 0 bridgehead atoms. The topological polar surface area (TPSA) is 63.7 Å². The molecule has 0 aliphatic rings. The molecule has 8 heteroatoms. The number of amides is 1. The zero-order valence-electron chi connectivity index (χ0n) is 16.3. The van der Waals surface area contributed by atoms with Gasteiger partial charge in [0.05, 0.1) is 10.6 Å². The Bertz CT molecular complexity index is 1180. The second-order valence-corrected chi connectivity index (χ2v) is 9.31. The van der Waals surface area contributed by atoms with E-state index in [1.54, 1.807) is 43.3 Å². The van der Waals surface area contributed by atoms with Crippen LogP contribution in [0.4, 0.5) is 5.69 Å². The molecule has 0 N–H and O–H groups in total. The number of carbonyl (C=O) groups is 1. The summed E-state index contributed by atoms with van der Waals surface area (Å²) < 4.78 is 33.1. The fourth-order valence-corrected chi connectivity index (χ4v) is 4.58. The van der Waals surface area contributed by atoms with Gasteiger partial charge in [0, 0.05) is 10.0 Å². The first-order valence-corrected chi connectivity index (χ1v) is 11.2. The molecule has 0 heterocycles. The smallest absolute Gasteiger partial charge is 0.278 e. The van der Waals surface area contributed by atoms with Gasteiger partial charge in [-0.3, -0.25) is 4.79 Å². The maximum atomic E-state index is 13.4. The molecular weight excluding hydrogens is 445 g/mol. The van der Waals surface area contributed by atoms with E-state index in [0.717, 1.165) is 9.87 Å². The van der Waals surface area contributed by atoms with Crippen LogP contribution in [0.5, 0.6) is 5.75 Å². The summed E-state index contributed by atoms with van der Waals surface area (Å²) in [5.41, 5.74) is 1.72. The number of aryl methyl sites for hydroxylation is 2. The van der Waals surface area contributed by atoms with Crippen molar-refractivity contribution in [1.29, 1.82) is 0 Å². The number of anilines is 1. The molecule has 0 radical (unpaired) electrons. The number of benzene rings is 3. The van der Waals surface area contributed by atoms with E-state index in [9.17, 15) is 13.2 Å². The lowest BCUT2D eigenvalue weighted by molar-refractivity contribution is -0.119. The van der Waals surface area contributed by atoms with Gasteiger partial charge in [-0.1, -0.05) is 41.4 Å². The molecule has 0 aromatic heterocycles. The summed E-state index contributed by atoms with van der Waals surface area (Å²) in [6.07, 6.45) is 0. The first-order valence-electron chi connectivity index (χ1n) is 8.98. The van der Waals surface area contributed by atoms with Crippen molar-refractivity contribution >= 4 is 44.8 Å². The molecule has 3 aromatic carbocycles. The minimum atomic E-state index is -4.20. The highest BCUT2D eigenvalue weighted by atomic mass is 35.5. The first kappa shape index (κ1) is 22.2. The van der Waals surface area contributed by atoms with Crippen LogP contribution in [0.15, 0.2) is 71.6 Å². The monoisotopic (exact) mass is 463 g/mol. The van der Waals surface area contributed by atoms with Crippen LogP contribution in [0.1, 0.15) is 11.1 Å². The van der Waals surface area contributed by atoms with Gasteiger partial charge in [0.1, 0.15) is 5.75 Å². The van der Waals surface area contributed by atoms with Crippen LogP contribution < -0.4 is 9.04 Å². The average Bonchev–Trinajstić information content (AvgIpc) is 2.69. The van der Waals surface area contributed by atoms with Gasteiger partial charge in [-0.15, -0.1) is 0 Å². The summed E-state index contributed by atoms with van der Waals surface area (Å²) in [4.78, 5) is 13.1. The Hall–Kier alpha value is -2.54. The molecule has 0 saturated heterocycles. The van der Waals surface area contributed by atoms with Gasteiger partial charge in [-0.05, 0) is 73.5 Å². The molecule has 0 saturated carbocycles. The molecule has 0 unspecified atom stereocenters. The predicted octanol–water partition coefficient (Wildman–Crippen LogP) is 5.41. The van der Waals surface area contributed by atoms with Crippen molar-refractivity contribution in [2.75, 3.05) is 10.9 Å². The molecule has 3 aromatic rings. The van der Waals surface area contributed by atoms with Crippen molar-refractivity contribution in [3.05, 3.63) is 87.9 Å². The van der Waals surface area contributed by atoms with Crippen LogP contribution >= 0.6 is 23.2 Å². The number of sulfonamides is 1. The van der Waals surface area contributed by atoms with E-state index in [-0.39, 0.29) is 10.6 Å². The van der Waals surface area contributed by atoms with Crippen LogP contribution in [0, 0.1) is 13.8 Å². The fourth-order valence-electron chi connectivity index (χ4n) is 2.81. The molecular formula is C22H19Cl2NO4S. The van der Waals surface area contributed by atoms with Gasteiger partial charge in [0.25, 0.3) is 15.9 Å². The second kappa shape index (κ2) is 9.08. The minimum Gasteiger partial charge on any atom is -0.484 e. The number of nitrogens with zero attached hydrogens (tertiary/aromatic N) is 1. The van der Waals surface area contributed by atoms with Gasteiger partial charge in [-0.2, -0.15) is 4.31 Å². The highest BCUT2D eigenvalue weighted by Crippen LogP contribution is 2.29. The standard InChI is InChI=1S/C22H19Cl2NO4S/c1-15-6-7-16(2)21(12-15)25(30(27,28)20-10-8-17(23)9-11-20)22(26)14-29-19-5-3-4-18(24)13-19/h3-13H,14H2,1-2H3. The third-order valence-corrected chi connectivity index (χ3v) is 6.56. The Morgan fingerprint density at radius 2 is 1.63 bits per heavy atom. The van der Waals surface area contributed by atoms with Crippen molar-refractivity contribution in [2.45, 2.75) is 18.7 Å². The number of hydrogen-bond donors (Lipinski definition) is 0. The van der Waals surface area contributed by atoms with E-state index in [4.69, 9.17) is 27.9 Å². The molecule has 5 nitrogen and oxygen atoms in total. The summed E-state index contributed by atoms with van der Waals surface area (Å²) in [6.45, 7) is 3.08. The molecule has 0 aliphatic carbocycles. The Balaban J connectivity index is 2.02. The van der Waals surface area contributed by atoms with Crippen molar-refractivity contribution < 1.29 is 17.9 Å². The first-order chi connectivity index (χ1) is 14.2. The van der Waals surface area contributed by atoms with E-state index in [1.165, 1.54) is 24.3 Å². The van der Waals surface area contributed by atoms with Crippen molar-refractivity contribution in [3.63, 3.8) is 0 Å². The Labute approximate surface area is 185 Å². The summed E-state index contributed by atoms with van der Waals surface area (Å²) in [7, 11) is -4.20. The molecule has 0 atom stereocenters. The molecule has 0 fully saturated rings. The lowest BCUT2D eigenvalue weighted by Crippen LogP contribution is -2.40. The van der Waals surface area contributed by atoms with Gasteiger partial charge in [0.15, 0.2) is 6.61 Å². The number of carbonyl (C=O) groups excluding carboxylic acids is 1. The maximum absolute atomic E-state index is 13.4. The predicted molar refractivity (Wildman–Crippen MR) is 119 cm³/mol. The molecule has 0 spiro atoms. The second-order valence-electron chi connectivity index (χ2n) is 6.65. The Morgan fingerprint density at radius 3 is 2.30 bits per heavy atom. The minimum absolute atomic E-state index is 0.0519. The number of rotatable bonds is 6. The zero-order valence-corrected chi connectivity index (χ0v) is 18.6. The van der Waals surface area contributed by atoms with Gasteiger partial charge >= 0.3 is 0 Å². The lowest BCUT2D eigenvalue weighted by atomic mass is 10.1.